The van der Waals surface area contributed by atoms with Crippen molar-refractivity contribution < 1.29 is 22.4 Å². The van der Waals surface area contributed by atoms with Crippen LogP contribution in [0.2, 0.25) is 5.02 Å². The van der Waals surface area contributed by atoms with Gasteiger partial charge in [0.25, 0.3) is 5.91 Å². The SMILES string of the molecule is CS(=O)(=O)c1nnc(CNC(=O)COc2ccc(Cl)cc2)o1. The van der Waals surface area contributed by atoms with Gasteiger partial charge in [-0.1, -0.05) is 16.7 Å². The molecular formula is C12H12ClN3O5S. The maximum atomic E-state index is 11.6. The van der Waals surface area contributed by atoms with Crippen LogP contribution in [0.4, 0.5) is 0 Å². The summed E-state index contributed by atoms with van der Waals surface area (Å²) in [6.07, 6.45) is 0.947. The fourth-order valence-electron chi connectivity index (χ4n) is 1.36. The van der Waals surface area contributed by atoms with Crippen molar-refractivity contribution in [1.29, 1.82) is 0 Å². The number of hydrogen-bond donors (Lipinski definition) is 1. The second-order valence-electron chi connectivity index (χ2n) is 4.25. The van der Waals surface area contributed by atoms with Crippen LogP contribution in [0, 0.1) is 0 Å². The van der Waals surface area contributed by atoms with Crippen LogP contribution >= 0.6 is 11.6 Å². The summed E-state index contributed by atoms with van der Waals surface area (Å²) < 4.78 is 32.4. The first-order chi connectivity index (χ1) is 10.3. The van der Waals surface area contributed by atoms with Gasteiger partial charge >= 0.3 is 5.22 Å². The summed E-state index contributed by atoms with van der Waals surface area (Å²) in [6.45, 7) is -0.306. The van der Waals surface area contributed by atoms with E-state index in [2.05, 4.69) is 15.5 Å². The number of benzene rings is 1. The zero-order valence-corrected chi connectivity index (χ0v) is 13.0. The van der Waals surface area contributed by atoms with E-state index >= 15 is 0 Å². The molecule has 0 spiro atoms. The van der Waals surface area contributed by atoms with Crippen LogP contribution in [0.3, 0.4) is 0 Å². The largest absolute Gasteiger partial charge is 0.484 e. The summed E-state index contributed by atoms with van der Waals surface area (Å²) in [5, 5.41) is 9.42. The van der Waals surface area contributed by atoms with Gasteiger partial charge in [0.05, 0.1) is 6.54 Å². The zero-order valence-electron chi connectivity index (χ0n) is 11.4. The van der Waals surface area contributed by atoms with Gasteiger partial charge in [-0.05, 0) is 24.3 Å². The maximum Gasteiger partial charge on any atom is 0.335 e. The number of carbonyl (C=O) groups excluding carboxylic acids is 1. The third-order valence-electron chi connectivity index (χ3n) is 2.39. The first-order valence-electron chi connectivity index (χ1n) is 6.02. The van der Waals surface area contributed by atoms with E-state index in [1.807, 2.05) is 0 Å². The molecule has 1 aromatic carbocycles. The van der Waals surface area contributed by atoms with Gasteiger partial charge in [0.1, 0.15) is 5.75 Å². The molecule has 0 saturated heterocycles. The Labute approximate surface area is 131 Å². The van der Waals surface area contributed by atoms with Crippen molar-refractivity contribution in [3.8, 4) is 5.75 Å². The smallest absolute Gasteiger partial charge is 0.335 e. The molecule has 1 amide bonds. The van der Waals surface area contributed by atoms with E-state index in [9.17, 15) is 13.2 Å². The minimum absolute atomic E-state index is 0.0136. The lowest BCUT2D eigenvalue weighted by molar-refractivity contribution is -0.123. The normalized spacial score (nSPS) is 11.2. The number of amides is 1. The molecule has 1 heterocycles. The predicted molar refractivity (Wildman–Crippen MR) is 76.2 cm³/mol. The molecule has 8 nitrogen and oxygen atoms in total. The summed E-state index contributed by atoms with van der Waals surface area (Å²) in [5.41, 5.74) is 0. The highest BCUT2D eigenvalue weighted by Crippen LogP contribution is 2.15. The maximum absolute atomic E-state index is 11.6. The third kappa shape index (κ3) is 4.71. The second kappa shape index (κ2) is 6.75. The standard InChI is InChI=1S/C12H12ClN3O5S/c1-22(18,19)12-16-15-11(21-12)6-14-10(17)7-20-9-4-2-8(13)3-5-9/h2-5H,6-7H2,1H3,(H,14,17). The molecule has 1 N–H and O–H groups in total. The number of nitrogens with one attached hydrogen (secondary N) is 1. The van der Waals surface area contributed by atoms with Gasteiger partial charge in [-0.15, -0.1) is 5.10 Å². The molecular weight excluding hydrogens is 334 g/mol. The van der Waals surface area contributed by atoms with Crippen LogP contribution in [0.25, 0.3) is 0 Å². The quantitative estimate of drug-likeness (QED) is 0.824. The van der Waals surface area contributed by atoms with Gasteiger partial charge in [0, 0.05) is 11.3 Å². The fourth-order valence-corrected chi connectivity index (χ4v) is 1.93. The summed E-state index contributed by atoms with van der Waals surface area (Å²) in [7, 11) is -3.56. The number of aromatic nitrogens is 2. The third-order valence-corrected chi connectivity index (χ3v) is 3.44. The van der Waals surface area contributed by atoms with Gasteiger partial charge in [0.2, 0.25) is 15.7 Å². The highest BCUT2D eigenvalue weighted by atomic mass is 35.5. The van der Waals surface area contributed by atoms with E-state index in [0.29, 0.717) is 10.8 Å². The Hall–Kier alpha value is -2.13. The minimum atomic E-state index is -3.56. The molecule has 22 heavy (non-hydrogen) atoms. The molecule has 0 aliphatic rings. The number of rotatable bonds is 6. The molecule has 10 heteroatoms. The first-order valence-corrected chi connectivity index (χ1v) is 8.29. The summed E-state index contributed by atoms with van der Waals surface area (Å²) in [5.74, 6) is 0.0611. The fraction of sp³-hybridized carbons (Fsp3) is 0.250. The van der Waals surface area contributed by atoms with Crippen LogP contribution in [0.1, 0.15) is 5.89 Å². The van der Waals surface area contributed by atoms with Crippen LogP contribution < -0.4 is 10.1 Å². The highest BCUT2D eigenvalue weighted by molar-refractivity contribution is 7.90. The number of nitrogens with zero attached hydrogens (tertiary/aromatic N) is 2. The van der Waals surface area contributed by atoms with Crippen LogP contribution in [-0.4, -0.2) is 37.4 Å². The minimum Gasteiger partial charge on any atom is -0.484 e. The van der Waals surface area contributed by atoms with Crippen LogP contribution in [-0.2, 0) is 21.2 Å². The molecule has 0 bridgehead atoms. The molecule has 0 atom stereocenters. The van der Waals surface area contributed by atoms with Crippen LogP contribution in [0.5, 0.6) is 5.75 Å². The van der Waals surface area contributed by atoms with E-state index in [1.165, 1.54) is 0 Å². The van der Waals surface area contributed by atoms with Gasteiger partial charge < -0.3 is 14.5 Å². The molecule has 0 aliphatic carbocycles. The number of carbonyl (C=O) groups is 1. The summed E-state index contributed by atoms with van der Waals surface area (Å²) in [6, 6.07) is 6.54. The molecule has 2 rings (SSSR count). The lowest BCUT2D eigenvalue weighted by atomic mass is 10.3. The number of halogens is 1. The van der Waals surface area contributed by atoms with Crippen molar-refractivity contribution >= 4 is 27.3 Å². The monoisotopic (exact) mass is 345 g/mol. The first kappa shape index (κ1) is 16.2. The molecule has 118 valence electrons. The Bertz CT molecular complexity index is 757. The van der Waals surface area contributed by atoms with E-state index in [4.69, 9.17) is 20.8 Å². The average Bonchev–Trinajstić information content (AvgIpc) is 2.93. The van der Waals surface area contributed by atoms with E-state index in [1.54, 1.807) is 24.3 Å². The summed E-state index contributed by atoms with van der Waals surface area (Å²) in [4.78, 5) is 11.6. The number of ether oxygens (including phenoxy) is 1. The Balaban J connectivity index is 1.80. The van der Waals surface area contributed by atoms with Gasteiger partial charge in [-0.25, -0.2) is 8.42 Å². The molecule has 0 unspecified atom stereocenters. The molecule has 0 saturated carbocycles. The van der Waals surface area contributed by atoms with Crippen molar-refractivity contribution in [1.82, 2.24) is 15.5 Å². The Morgan fingerprint density at radius 2 is 2.00 bits per heavy atom. The highest BCUT2D eigenvalue weighted by Gasteiger charge is 2.16. The Morgan fingerprint density at radius 1 is 1.32 bits per heavy atom. The second-order valence-corrected chi connectivity index (χ2v) is 6.58. The van der Waals surface area contributed by atoms with E-state index in [0.717, 1.165) is 6.26 Å². The van der Waals surface area contributed by atoms with Crippen molar-refractivity contribution in [3.63, 3.8) is 0 Å². The average molecular weight is 346 g/mol. The molecule has 2 aromatic rings. The van der Waals surface area contributed by atoms with E-state index in [-0.39, 0.29) is 19.0 Å². The van der Waals surface area contributed by atoms with Gasteiger partial charge in [-0.3, -0.25) is 4.79 Å². The number of sulfone groups is 1. The lowest BCUT2D eigenvalue weighted by Crippen LogP contribution is -2.28. The summed E-state index contributed by atoms with van der Waals surface area (Å²) >= 11 is 5.73. The number of hydrogen-bond acceptors (Lipinski definition) is 7. The molecule has 0 radical (unpaired) electrons. The molecule has 0 aliphatic heterocycles. The zero-order chi connectivity index (χ0) is 16.2. The lowest BCUT2D eigenvalue weighted by Gasteiger charge is -2.06. The van der Waals surface area contributed by atoms with Gasteiger partial charge in [0.15, 0.2) is 6.61 Å². The predicted octanol–water partition coefficient (Wildman–Crippen LogP) is 0.822. The van der Waals surface area contributed by atoms with Crippen molar-refractivity contribution in [2.45, 2.75) is 11.8 Å². The molecule has 0 fully saturated rings. The van der Waals surface area contributed by atoms with E-state index < -0.39 is 21.0 Å². The van der Waals surface area contributed by atoms with Gasteiger partial charge in [-0.2, -0.15) is 0 Å². The topological polar surface area (TPSA) is 111 Å². The Morgan fingerprint density at radius 3 is 2.59 bits per heavy atom. The van der Waals surface area contributed by atoms with Crippen molar-refractivity contribution in [2.24, 2.45) is 0 Å². The molecule has 1 aromatic heterocycles. The van der Waals surface area contributed by atoms with Crippen molar-refractivity contribution in [2.75, 3.05) is 12.9 Å². The van der Waals surface area contributed by atoms with Crippen molar-refractivity contribution in [3.05, 3.63) is 35.2 Å². The Kier molecular flexibility index (Phi) is 4.99. The van der Waals surface area contributed by atoms with Crippen LogP contribution in [0.15, 0.2) is 33.9 Å².